The molecule has 0 saturated heterocycles. The van der Waals surface area contributed by atoms with Crippen LogP contribution in [0.25, 0.3) is 0 Å². The lowest BCUT2D eigenvalue weighted by atomic mass is 10.1. The first-order valence-corrected chi connectivity index (χ1v) is 14.8. The van der Waals surface area contributed by atoms with Gasteiger partial charge >= 0.3 is 0 Å². The summed E-state index contributed by atoms with van der Waals surface area (Å²) >= 11 is 0. The highest BCUT2D eigenvalue weighted by Gasteiger charge is 1.99. The van der Waals surface area contributed by atoms with Gasteiger partial charge in [-0.3, -0.25) is 0 Å². The fourth-order valence-corrected chi connectivity index (χ4v) is 4.22. The summed E-state index contributed by atoms with van der Waals surface area (Å²) in [5.41, 5.74) is 7.61. The monoisotopic (exact) mass is 652 g/mol. The van der Waals surface area contributed by atoms with E-state index in [0.29, 0.717) is 11.5 Å². The minimum atomic E-state index is -0.312. The predicted molar refractivity (Wildman–Crippen MR) is 183 cm³/mol. The minimum Gasteiger partial charge on any atom is -0.497 e. The molecule has 0 spiro atoms. The number of hydrogen-bond donors (Lipinski definition) is 0. The van der Waals surface area contributed by atoms with E-state index in [2.05, 4.69) is 0 Å². The third-order valence-electron chi connectivity index (χ3n) is 6.24. The summed E-state index contributed by atoms with van der Waals surface area (Å²) in [5.74, 6) is -0.108. The Morgan fingerprint density at radius 3 is 1.06 bits per heavy atom. The molecule has 0 aliphatic rings. The molecule has 0 aromatic heterocycles. The van der Waals surface area contributed by atoms with Gasteiger partial charge in [0.05, 0.1) is 14.2 Å². The first-order chi connectivity index (χ1) is 22.0. The largest absolute Gasteiger partial charge is 0.497 e. The van der Waals surface area contributed by atoms with Crippen molar-refractivity contribution in [3.8, 4) is 11.5 Å². The van der Waals surface area contributed by atoms with E-state index in [1.165, 1.54) is 62.8 Å². The zero-order chi connectivity index (χ0) is 35.7. The molecule has 0 atom stereocenters. The van der Waals surface area contributed by atoms with Crippen LogP contribution in [0.2, 0.25) is 0 Å². The van der Waals surface area contributed by atoms with Gasteiger partial charge in [0.2, 0.25) is 0 Å². The Kier molecular flexibility index (Phi) is 17.6. The predicted octanol–water partition coefficient (Wildman–Crippen LogP) is 11.6. The molecule has 0 aliphatic heterocycles. The Labute approximate surface area is 276 Å². The summed E-state index contributed by atoms with van der Waals surface area (Å²) in [6.45, 7) is 15.0. The number of benzene rings is 5. The minimum absolute atomic E-state index is 0.124. The molecule has 47 heavy (non-hydrogen) atoms. The van der Waals surface area contributed by atoms with Crippen LogP contribution in [0.5, 0.6) is 11.5 Å². The van der Waals surface area contributed by atoms with Gasteiger partial charge in [-0.05, 0) is 149 Å². The highest BCUT2D eigenvalue weighted by Crippen LogP contribution is 2.17. The van der Waals surface area contributed by atoms with Crippen molar-refractivity contribution >= 4 is 0 Å². The Bertz CT molecular complexity index is 1530. The van der Waals surface area contributed by atoms with Crippen LogP contribution in [0.4, 0.5) is 22.0 Å². The van der Waals surface area contributed by atoms with Crippen LogP contribution >= 0.6 is 0 Å². The number of hydrogen-bond acceptors (Lipinski definition) is 2. The zero-order valence-corrected chi connectivity index (χ0v) is 28.9. The molecular weight excluding hydrogens is 607 g/mol. The second-order valence-electron chi connectivity index (χ2n) is 11.2. The fraction of sp³-hybridized carbons (Fsp3) is 0.250. The molecule has 0 amide bonds. The van der Waals surface area contributed by atoms with Crippen molar-refractivity contribution in [3.05, 3.63) is 165 Å². The van der Waals surface area contributed by atoms with Gasteiger partial charge in [0.1, 0.15) is 29.0 Å². The third kappa shape index (κ3) is 17.0. The summed E-state index contributed by atoms with van der Waals surface area (Å²) in [4.78, 5) is 0. The van der Waals surface area contributed by atoms with E-state index in [1.54, 1.807) is 31.2 Å². The lowest BCUT2D eigenvalue weighted by Gasteiger charge is -2.00. The quantitative estimate of drug-likeness (QED) is 0.177. The molecule has 5 aromatic rings. The van der Waals surface area contributed by atoms with E-state index in [1.807, 2.05) is 66.7 Å². The molecule has 0 heterocycles. The summed E-state index contributed by atoms with van der Waals surface area (Å²) < 4.78 is 72.1. The van der Waals surface area contributed by atoms with Crippen molar-refractivity contribution in [1.82, 2.24) is 0 Å². The van der Waals surface area contributed by atoms with Gasteiger partial charge in [0, 0.05) is 6.07 Å². The maximum absolute atomic E-state index is 12.6. The molecule has 0 unspecified atom stereocenters. The summed E-state index contributed by atoms with van der Waals surface area (Å²) in [7, 11) is 2.98. The third-order valence-corrected chi connectivity index (χ3v) is 6.24. The first kappa shape index (κ1) is 40.4. The number of ether oxygens (including phenoxy) is 2. The molecule has 7 heteroatoms. The lowest BCUT2D eigenvalue weighted by Crippen LogP contribution is -1.87. The summed E-state index contributed by atoms with van der Waals surface area (Å²) in [5, 5.41) is 0. The molecule has 0 aliphatic carbocycles. The van der Waals surface area contributed by atoms with E-state index in [-0.39, 0.29) is 29.1 Å². The SMILES string of the molecule is COc1cc(C)cc(F)c1.COc1cc(C)ccc1F.Cc1cc(C)cc(F)c1.Cc1cc(C)cc(F)c1.Cc1ccc(F)c(C)c1. The smallest absolute Gasteiger partial charge is 0.165 e. The molecule has 2 nitrogen and oxygen atoms in total. The van der Waals surface area contributed by atoms with Crippen molar-refractivity contribution in [1.29, 1.82) is 0 Å². The van der Waals surface area contributed by atoms with Crippen molar-refractivity contribution in [2.75, 3.05) is 14.2 Å². The zero-order valence-electron chi connectivity index (χ0n) is 28.9. The van der Waals surface area contributed by atoms with Crippen molar-refractivity contribution < 1.29 is 31.4 Å². The van der Waals surface area contributed by atoms with E-state index in [9.17, 15) is 22.0 Å². The van der Waals surface area contributed by atoms with Crippen molar-refractivity contribution in [2.24, 2.45) is 0 Å². The highest BCUT2D eigenvalue weighted by atomic mass is 19.1. The van der Waals surface area contributed by atoms with Gasteiger partial charge in [0.25, 0.3) is 0 Å². The molecule has 5 aromatic carbocycles. The number of aryl methyl sites for hydroxylation is 8. The van der Waals surface area contributed by atoms with E-state index in [4.69, 9.17) is 9.47 Å². The van der Waals surface area contributed by atoms with Crippen LogP contribution in [0, 0.1) is 84.5 Å². The Balaban J connectivity index is 0.000000294. The van der Waals surface area contributed by atoms with Gasteiger partial charge in [-0.2, -0.15) is 0 Å². The average Bonchev–Trinajstić information content (AvgIpc) is 2.96. The Hall–Kier alpha value is -4.65. The van der Waals surface area contributed by atoms with Gasteiger partial charge in [-0.25, -0.2) is 22.0 Å². The van der Waals surface area contributed by atoms with Gasteiger partial charge in [-0.1, -0.05) is 35.9 Å². The summed E-state index contributed by atoms with van der Waals surface area (Å²) in [6.07, 6.45) is 0. The molecule has 0 saturated carbocycles. The lowest BCUT2D eigenvalue weighted by molar-refractivity contribution is 0.386. The molecule has 5 rings (SSSR count). The average molecular weight is 653 g/mol. The number of methoxy groups -OCH3 is 2. The number of rotatable bonds is 2. The van der Waals surface area contributed by atoms with Crippen LogP contribution < -0.4 is 9.47 Å². The van der Waals surface area contributed by atoms with Crippen LogP contribution in [0.1, 0.15) is 44.5 Å². The molecule has 0 fully saturated rings. The topological polar surface area (TPSA) is 18.5 Å². The second kappa shape index (κ2) is 20.5. The molecule has 0 radical (unpaired) electrons. The molecule has 0 bridgehead atoms. The van der Waals surface area contributed by atoms with Crippen LogP contribution in [-0.4, -0.2) is 14.2 Å². The van der Waals surface area contributed by atoms with E-state index >= 15 is 0 Å². The maximum atomic E-state index is 12.6. The van der Waals surface area contributed by atoms with Crippen LogP contribution in [0.3, 0.4) is 0 Å². The Morgan fingerprint density at radius 2 is 0.745 bits per heavy atom. The van der Waals surface area contributed by atoms with Crippen molar-refractivity contribution in [2.45, 2.75) is 55.4 Å². The van der Waals surface area contributed by atoms with Crippen LogP contribution in [0.15, 0.2) is 91.0 Å². The van der Waals surface area contributed by atoms with Gasteiger partial charge in [-0.15, -0.1) is 0 Å². The molecule has 0 N–H and O–H groups in total. The maximum Gasteiger partial charge on any atom is 0.165 e. The van der Waals surface area contributed by atoms with E-state index < -0.39 is 0 Å². The normalized spacial score (nSPS) is 9.60. The molecule has 252 valence electrons. The first-order valence-electron chi connectivity index (χ1n) is 14.8. The Morgan fingerprint density at radius 1 is 0.362 bits per heavy atom. The summed E-state index contributed by atoms with van der Waals surface area (Å²) in [6, 6.07) is 24.4. The number of halogens is 5. The second-order valence-corrected chi connectivity index (χ2v) is 11.2. The van der Waals surface area contributed by atoms with Gasteiger partial charge < -0.3 is 9.47 Å². The van der Waals surface area contributed by atoms with Crippen molar-refractivity contribution in [3.63, 3.8) is 0 Å². The molecular formula is C40H45F5O2. The van der Waals surface area contributed by atoms with E-state index in [0.717, 1.165) is 44.5 Å². The standard InChI is InChI=1S/2C8H9FO.3C8H9F/c1-6-3-7(9)5-8(4-6)10-2;1-6-3-4-7(9)8(5-6)10-2;2*1-6-3-7(2)5-8(9)4-6;1-6-3-4-8(9)7(2)5-6/h2*3-5H,1-2H3;3*3-5H,1-2H3. The van der Waals surface area contributed by atoms with Gasteiger partial charge in [0.15, 0.2) is 11.6 Å². The van der Waals surface area contributed by atoms with Crippen LogP contribution in [-0.2, 0) is 0 Å². The highest BCUT2D eigenvalue weighted by molar-refractivity contribution is 5.30. The fourth-order valence-electron chi connectivity index (χ4n) is 4.22.